The van der Waals surface area contributed by atoms with Crippen molar-refractivity contribution in [2.75, 3.05) is 6.61 Å². The number of hydrogen-bond acceptors (Lipinski definition) is 3. The second-order valence-corrected chi connectivity index (χ2v) is 16.1. The second kappa shape index (κ2) is 38.7. The number of rotatable bonds is 35. The van der Waals surface area contributed by atoms with E-state index in [4.69, 9.17) is 4.74 Å². The third-order valence-electron chi connectivity index (χ3n) is 9.92. The molecule has 4 nitrogen and oxygen atoms in total. The summed E-state index contributed by atoms with van der Waals surface area (Å²) in [5.74, 6) is 1.60. The number of carbonyl (C=O) groups is 2. The van der Waals surface area contributed by atoms with Crippen LogP contribution < -0.4 is 0 Å². The molecule has 0 spiro atoms. The molecule has 0 rings (SSSR count). The fourth-order valence-electron chi connectivity index (χ4n) is 6.44. The van der Waals surface area contributed by atoms with Crippen molar-refractivity contribution < 1.29 is 19.4 Å². The minimum atomic E-state index is -0.577. The minimum absolute atomic E-state index is 0.0118. The van der Waals surface area contributed by atoms with Crippen molar-refractivity contribution in [1.29, 1.82) is 0 Å². The summed E-state index contributed by atoms with van der Waals surface area (Å²) in [5.41, 5.74) is 0. The van der Waals surface area contributed by atoms with Crippen LogP contribution in [0.2, 0.25) is 0 Å². The molecule has 0 aromatic heterocycles. The number of carboxylic acid groups (broad SMARTS) is 1. The van der Waals surface area contributed by atoms with E-state index in [0.717, 1.165) is 50.4 Å². The van der Waals surface area contributed by atoms with Crippen molar-refractivity contribution in [3.63, 3.8) is 0 Å². The van der Waals surface area contributed by atoms with Crippen LogP contribution in [0.3, 0.4) is 0 Å². The SMILES string of the molecule is CCCCCCCCCCC(CCC(C)CCCC(C)C)C(=O)O.CCCCCCCCCCCC(=O)OCCCCCCCC(C)C. The van der Waals surface area contributed by atoms with E-state index in [9.17, 15) is 14.7 Å². The van der Waals surface area contributed by atoms with Crippen LogP contribution in [-0.4, -0.2) is 23.7 Å². The molecule has 0 aliphatic carbocycles. The molecule has 0 heterocycles. The maximum Gasteiger partial charge on any atom is 0.306 e. The summed E-state index contributed by atoms with van der Waals surface area (Å²) in [7, 11) is 0. The maximum atomic E-state index is 11.6. The Morgan fingerprint density at radius 3 is 1.35 bits per heavy atom. The molecule has 0 amide bonds. The molecule has 4 heteroatoms. The van der Waals surface area contributed by atoms with Gasteiger partial charge in [-0.05, 0) is 49.9 Å². The van der Waals surface area contributed by atoms with Crippen LogP contribution in [-0.2, 0) is 14.3 Å². The van der Waals surface area contributed by atoms with E-state index in [2.05, 4.69) is 48.5 Å². The fraction of sp³-hybridized carbons (Fsp3) is 0.955. The van der Waals surface area contributed by atoms with E-state index in [1.165, 1.54) is 148 Å². The quantitative estimate of drug-likeness (QED) is 0.0534. The van der Waals surface area contributed by atoms with Crippen molar-refractivity contribution in [3.8, 4) is 0 Å². The number of ether oxygens (including phenoxy) is 1. The van der Waals surface area contributed by atoms with Gasteiger partial charge in [-0.2, -0.15) is 0 Å². The van der Waals surface area contributed by atoms with Gasteiger partial charge in [0.1, 0.15) is 0 Å². The zero-order valence-corrected chi connectivity index (χ0v) is 33.9. The first-order valence-corrected chi connectivity index (χ1v) is 21.5. The predicted molar refractivity (Wildman–Crippen MR) is 211 cm³/mol. The Bertz CT molecular complexity index is 658. The molecule has 0 aliphatic rings. The lowest BCUT2D eigenvalue weighted by Crippen LogP contribution is -2.15. The van der Waals surface area contributed by atoms with Crippen LogP contribution in [0.25, 0.3) is 0 Å². The molecule has 288 valence electrons. The smallest absolute Gasteiger partial charge is 0.306 e. The highest BCUT2D eigenvalue weighted by Gasteiger charge is 2.18. The second-order valence-electron chi connectivity index (χ2n) is 16.1. The van der Waals surface area contributed by atoms with Crippen molar-refractivity contribution in [1.82, 2.24) is 0 Å². The molecule has 2 unspecified atom stereocenters. The van der Waals surface area contributed by atoms with Crippen LogP contribution in [0.4, 0.5) is 0 Å². The predicted octanol–water partition coefficient (Wildman–Crippen LogP) is 14.9. The lowest BCUT2D eigenvalue weighted by atomic mass is 9.89. The topological polar surface area (TPSA) is 63.6 Å². The number of carboxylic acids is 1. The van der Waals surface area contributed by atoms with Gasteiger partial charge in [0.15, 0.2) is 0 Å². The Labute approximate surface area is 302 Å². The van der Waals surface area contributed by atoms with Crippen LogP contribution in [0.1, 0.15) is 241 Å². The standard InChI is InChI=1S/2C22H44O2/c1-5-6-7-8-9-10-11-12-16-21(22(23)24)18-17-20(4)15-13-14-19(2)3;1-4-5-6-7-8-9-10-13-16-19-22(23)24-20-17-14-11-12-15-18-21(2)3/h19-21H,5-18H2,1-4H3,(H,23,24);21H,4-20H2,1-3H3. The highest BCUT2D eigenvalue weighted by Crippen LogP contribution is 2.23. The largest absolute Gasteiger partial charge is 0.481 e. The molecule has 0 aromatic rings. The third-order valence-corrected chi connectivity index (χ3v) is 9.92. The average molecular weight is 681 g/mol. The Balaban J connectivity index is 0. The van der Waals surface area contributed by atoms with E-state index >= 15 is 0 Å². The van der Waals surface area contributed by atoms with E-state index < -0.39 is 5.97 Å². The molecule has 0 radical (unpaired) electrons. The van der Waals surface area contributed by atoms with Gasteiger partial charge in [0.05, 0.1) is 12.5 Å². The Kier molecular flexibility index (Phi) is 39.6. The highest BCUT2D eigenvalue weighted by atomic mass is 16.5. The molecule has 0 bridgehead atoms. The summed E-state index contributed by atoms with van der Waals surface area (Å²) in [6, 6.07) is 0. The molecule has 2 atom stereocenters. The number of unbranched alkanes of at least 4 members (excludes halogenated alkanes) is 19. The van der Waals surface area contributed by atoms with Crippen LogP contribution >= 0.6 is 0 Å². The minimum Gasteiger partial charge on any atom is -0.481 e. The highest BCUT2D eigenvalue weighted by molar-refractivity contribution is 5.70. The normalized spacial score (nSPS) is 12.6. The van der Waals surface area contributed by atoms with Crippen LogP contribution in [0.5, 0.6) is 0 Å². The Hall–Kier alpha value is -1.06. The zero-order chi connectivity index (χ0) is 36.1. The first-order valence-electron chi connectivity index (χ1n) is 21.5. The molecular weight excluding hydrogens is 592 g/mol. The van der Waals surface area contributed by atoms with Gasteiger partial charge in [0.2, 0.25) is 0 Å². The molecule has 0 aliphatic heterocycles. The molecular formula is C44H88O4. The van der Waals surface area contributed by atoms with E-state index in [1.807, 2.05) is 0 Å². The molecule has 1 N–H and O–H groups in total. The molecule has 48 heavy (non-hydrogen) atoms. The number of esters is 1. The summed E-state index contributed by atoms with van der Waals surface area (Å²) in [4.78, 5) is 23.1. The molecule has 0 aromatic carbocycles. The van der Waals surface area contributed by atoms with Gasteiger partial charge in [0.25, 0.3) is 0 Å². The molecule has 0 saturated carbocycles. The Morgan fingerprint density at radius 2 is 0.875 bits per heavy atom. The van der Waals surface area contributed by atoms with Crippen molar-refractivity contribution >= 4 is 11.9 Å². The van der Waals surface area contributed by atoms with E-state index in [1.54, 1.807) is 0 Å². The average Bonchev–Trinajstić information content (AvgIpc) is 3.04. The Morgan fingerprint density at radius 1 is 0.458 bits per heavy atom. The van der Waals surface area contributed by atoms with Gasteiger partial charge in [-0.1, -0.05) is 203 Å². The van der Waals surface area contributed by atoms with Gasteiger partial charge < -0.3 is 9.84 Å². The first kappa shape index (κ1) is 49.1. The first-order chi connectivity index (χ1) is 23.1. The fourth-order valence-corrected chi connectivity index (χ4v) is 6.44. The summed E-state index contributed by atoms with van der Waals surface area (Å²) < 4.78 is 5.32. The monoisotopic (exact) mass is 681 g/mol. The van der Waals surface area contributed by atoms with Gasteiger partial charge in [-0.3, -0.25) is 9.59 Å². The summed E-state index contributed by atoms with van der Waals surface area (Å²) in [6.45, 7) is 16.5. The zero-order valence-electron chi connectivity index (χ0n) is 33.9. The van der Waals surface area contributed by atoms with Crippen molar-refractivity contribution in [2.24, 2.45) is 23.7 Å². The summed E-state index contributed by atoms with van der Waals surface area (Å²) in [6.07, 6.45) is 36.7. The van der Waals surface area contributed by atoms with Gasteiger partial charge in [-0.25, -0.2) is 0 Å². The van der Waals surface area contributed by atoms with E-state index in [-0.39, 0.29) is 11.9 Å². The van der Waals surface area contributed by atoms with Gasteiger partial charge in [0, 0.05) is 6.42 Å². The maximum absolute atomic E-state index is 11.6. The van der Waals surface area contributed by atoms with Crippen LogP contribution in [0.15, 0.2) is 0 Å². The summed E-state index contributed by atoms with van der Waals surface area (Å²) >= 11 is 0. The summed E-state index contributed by atoms with van der Waals surface area (Å²) in [5, 5.41) is 9.43. The van der Waals surface area contributed by atoms with Crippen molar-refractivity contribution in [2.45, 2.75) is 241 Å². The lowest BCUT2D eigenvalue weighted by Gasteiger charge is -2.16. The molecule has 0 fully saturated rings. The lowest BCUT2D eigenvalue weighted by molar-refractivity contribution is -0.144. The number of hydrogen-bond donors (Lipinski definition) is 1. The van der Waals surface area contributed by atoms with Crippen molar-refractivity contribution in [3.05, 3.63) is 0 Å². The molecule has 0 saturated heterocycles. The van der Waals surface area contributed by atoms with Gasteiger partial charge in [-0.15, -0.1) is 0 Å². The third kappa shape index (κ3) is 41.1. The number of carbonyl (C=O) groups excluding carboxylic acids is 1. The van der Waals surface area contributed by atoms with Gasteiger partial charge >= 0.3 is 11.9 Å². The van der Waals surface area contributed by atoms with E-state index in [0.29, 0.717) is 18.9 Å². The number of aliphatic carboxylic acids is 1. The van der Waals surface area contributed by atoms with Crippen LogP contribution in [0, 0.1) is 23.7 Å².